The van der Waals surface area contributed by atoms with E-state index in [1.165, 1.54) is 31.2 Å². The summed E-state index contributed by atoms with van der Waals surface area (Å²) in [6, 6.07) is 10.4. The predicted molar refractivity (Wildman–Crippen MR) is 161 cm³/mol. The van der Waals surface area contributed by atoms with E-state index in [2.05, 4.69) is 52.5 Å². The van der Waals surface area contributed by atoms with E-state index in [1.807, 2.05) is 12.1 Å². The summed E-state index contributed by atoms with van der Waals surface area (Å²) in [5.41, 5.74) is 1.20. The number of thiocarbonyl (C=S) groups is 1. The highest BCUT2D eigenvalue weighted by atomic mass is 35.5. The average Bonchev–Trinajstić information content (AvgIpc) is 2.92. The van der Waals surface area contributed by atoms with Crippen LogP contribution in [-0.4, -0.2) is 61.0 Å². The van der Waals surface area contributed by atoms with Crippen molar-refractivity contribution in [2.24, 2.45) is 11.8 Å². The molecule has 2 aromatic rings. The molecule has 9 heteroatoms. The second kappa shape index (κ2) is 12.3. The number of benzene rings is 1. The topological polar surface area (TPSA) is 65.5 Å². The maximum atomic E-state index is 6.18. The van der Waals surface area contributed by atoms with Gasteiger partial charge in [-0.15, -0.1) is 0 Å². The van der Waals surface area contributed by atoms with Gasteiger partial charge in [-0.1, -0.05) is 37.6 Å². The molecule has 3 aliphatic rings. The van der Waals surface area contributed by atoms with Crippen LogP contribution in [0, 0.1) is 11.8 Å². The normalized spacial score (nSPS) is 23.7. The van der Waals surface area contributed by atoms with Gasteiger partial charge in [-0.25, -0.2) is 0 Å². The number of nitrogens with one attached hydrogen (secondary N) is 2. The Morgan fingerprint density at radius 1 is 1.00 bits per heavy atom. The van der Waals surface area contributed by atoms with Crippen LogP contribution in [0.1, 0.15) is 57.9 Å². The summed E-state index contributed by atoms with van der Waals surface area (Å²) >= 11 is 12.0. The van der Waals surface area contributed by atoms with Crippen molar-refractivity contribution in [2.45, 2.75) is 57.8 Å². The van der Waals surface area contributed by atoms with Gasteiger partial charge in [0.05, 0.1) is 0 Å². The summed E-state index contributed by atoms with van der Waals surface area (Å²) in [5, 5.41) is 8.12. The summed E-state index contributed by atoms with van der Waals surface area (Å²) in [6.45, 7) is 11.0. The molecule has 2 atom stereocenters. The van der Waals surface area contributed by atoms with Crippen LogP contribution in [0.15, 0.2) is 30.3 Å². The second-order valence-electron chi connectivity index (χ2n) is 11.5. The molecule has 206 valence electrons. The molecular formula is C29H41ClN6OS. The molecule has 0 radical (unpaired) electrons. The van der Waals surface area contributed by atoms with Crippen LogP contribution in [-0.2, 0) is 10.2 Å². The Kier molecular flexibility index (Phi) is 8.91. The Balaban J connectivity index is 1.33. The Morgan fingerprint density at radius 3 is 2.29 bits per heavy atom. The molecule has 3 saturated heterocycles. The third-order valence-corrected chi connectivity index (χ3v) is 8.79. The maximum Gasteiger partial charge on any atom is 0.232 e. The first-order valence-corrected chi connectivity index (χ1v) is 15.0. The van der Waals surface area contributed by atoms with E-state index in [4.69, 9.17) is 38.5 Å². The fraction of sp³-hybridized carbons (Fsp3) is 0.621. The molecule has 0 unspecified atom stereocenters. The molecule has 1 aromatic carbocycles. The van der Waals surface area contributed by atoms with Gasteiger partial charge in [-0.2, -0.15) is 9.97 Å². The first-order chi connectivity index (χ1) is 18.4. The Hall–Kier alpha value is -2.16. The van der Waals surface area contributed by atoms with Gasteiger partial charge in [0.15, 0.2) is 5.11 Å². The van der Waals surface area contributed by atoms with Crippen LogP contribution in [0.25, 0.3) is 0 Å². The number of hydrogen-bond acceptors (Lipinski definition) is 6. The lowest BCUT2D eigenvalue weighted by Crippen LogP contribution is -2.45. The van der Waals surface area contributed by atoms with Crippen LogP contribution in [0.4, 0.5) is 17.6 Å². The lowest BCUT2D eigenvalue weighted by atomic mass is 9.74. The molecule has 7 nitrogen and oxygen atoms in total. The zero-order valence-corrected chi connectivity index (χ0v) is 24.3. The van der Waals surface area contributed by atoms with Crippen LogP contribution in [0.2, 0.25) is 5.02 Å². The van der Waals surface area contributed by atoms with Crippen molar-refractivity contribution < 1.29 is 4.74 Å². The van der Waals surface area contributed by atoms with E-state index in [1.54, 1.807) is 0 Å². The van der Waals surface area contributed by atoms with E-state index in [-0.39, 0.29) is 5.41 Å². The van der Waals surface area contributed by atoms with Crippen molar-refractivity contribution >= 4 is 46.5 Å². The van der Waals surface area contributed by atoms with Crippen LogP contribution < -0.4 is 20.4 Å². The molecule has 3 fully saturated rings. The van der Waals surface area contributed by atoms with Crippen molar-refractivity contribution in [3.8, 4) is 0 Å². The number of halogens is 1. The average molecular weight is 557 g/mol. The summed E-state index contributed by atoms with van der Waals surface area (Å²) < 4.78 is 5.70. The minimum Gasteiger partial charge on any atom is -0.381 e. The van der Waals surface area contributed by atoms with E-state index in [0.29, 0.717) is 29.4 Å². The third-order valence-electron chi connectivity index (χ3n) is 8.29. The number of piperidine rings is 2. The standard InChI is InChI=1S/C29H41ClN6OS/c1-21-16-22(2)19-36(18-21)26-17-25(35-12-4-3-5-13-35)32-27(33-26)34-28(38)31-20-29(10-14-37-15-11-29)23-6-8-24(30)9-7-23/h6-9,17,21-22H,3-5,10-16,18-20H2,1-2H3,(H2,31,32,33,34,38)/t21-,22-/m1/s1. The number of anilines is 3. The summed E-state index contributed by atoms with van der Waals surface area (Å²) in [7, 11) is 0. The number of ether oxygens (including phenoxy) is 1. The van der Waals surface area contributed by atoms with E-state index >= 15 is 0 Å². The van der Waals surface area contributed by atoms with Gasteiger partial charge in [-0.05, 0) is 80.3 Å². The van der Waals surface area contributed by atoms with Crippen molar-refractivity contribution in [3.63, 3.8) is 0 Å². The highest BCUT2D eigenvalue weighted by Crippen LogP contribution is 2.35. The quantitative estimate of drug-likeness (QED) is 0.443. The minimum atomic E-state index is -0.0592. The first-order valence-electron chi connectivity index (χ1n) is 14.2. The van der Waals surface area contributed by atoms with Crippen molar-refractivity contribution in [3.05, 3.63) is 40.9 Å². The van der Waals surface area contributed by atoms with Crippen LogP contribution >= 0.6 is 23.8 Å². The van der Waals surface area contributed by atoms with Gasteiger partial charge >= 0.3 is 0 Å². The molecule has 4 heterocycles. The van der Waals surface area contributed by atoms with Gasteiger partial charge in [0.25, 0.3) is 0 Å². The summed E-state index contributed by atoms with van der Waals surface area (Å²) in [6.07, 6.45) is 6.82. The highest BCUT2D eigenvalue weighted by Gasteiger charge is 2.34. The Labute approximate surface area is 237 Å². The maximum absolute atomic E-state index is 6.18. The lowest BCUT2D eigenvalue weighted by Gasteiger charge is -2.38. The van der Waals surface area contributed by atoms with Crippen molar-refractivity contribution in [1.82, 2.24) is 15.3 Å². The molecule has 2 N–H and O–H groups in total. The smallest absolute Gasteiger partial charge is 0.232 e. The fourth-order valence-electron chi connectivity index (χ4n) is 6.30. The molecule has 1 aromatic heterocycles. The van der Waals surface area contributed by atoms with E-state index in [0.717, 1.165) is 68.9 Å². The van der Waals surface area contributed by atoms with Gasteiger partial charge in [0.2, 0.25) is 5.95 Å². The molecule has 0 spiro atoms. The molecule has 0 amide bonds. The molecule has 3 aliphatic heterocycles. The molecule has 0 saturated carbocycles. The van der Waals surface area contributed by atoms with Gasteiger partial charge in [-0.3, -0.25) is 0 Å². The van der Waals surface area contributed by atoms with Gasteiger partial charge in [0, 0.05) is 62.4 Å². The molecule has 0 aliphatic carbocycles. The molecule has 0 bridgehead atoms. The Morgan fingerprint density at radius 2 is 1.63 bits per heavy atom. The number of rotatable bonds is 6. The zero-order valence-electron chi connectivity index (χ0n) is 22.7. The second-order valence-corrected chi connectivity index (χ2v) is 12.4. The Bertz CT molecular complexity index is 1080. The lowest BCUT2D eigenvalue weighted by molar-refractivity contribution is 0.0515. The zero-order chi connectivity index (χ0) is 26.5. The monoisotopic (exact) mass is 556 g/mol. The largest absolute Gasteiger partial charge is 0.381 e. The number of aromatic nitrogens is 2. The fourth-order valence-corrected chi connectivity index (χ4v) is 6.59. The minimum absolute atomic E-state index is 0.0592. The van der Waals surface area contributed by atoms with Crippen LogP contribution in [0.5, 0.6) is 0 Å². The van der Waals surface area contributed by atoms with Crippen molar-refractivity contribution in [2.75, 3.05) is 61.1 Å². The summed E-state index contributed by atoms with van der Waals surface area (Å²) in [4.78, 5) is 14.7. The predicted octanol–water partition coefficient (Wildman–Crippen LogP) is 5.64. The van der Waals surface area contributed by atoms with E-state index in [9.17, 15) is 0 Å². The summed E-state index contributed by atoms with van der Waals surface area (Å²) in [5.74, 6) is 3.85. The SMILES string of the molecule is C[C@@H]1C[C@@H](C)CN(c2cc(N3CCCCC3)nc(NC(=S)NCC3(c4ccc(Cl)cc4)CCOCC3)n2)C1. The highest BCUT2D eigenvalue weighted by molar-refractivity contribution is 7.80. The molecular weight excluding hydrogens is 516 g/mol. The number of hydrogen-bond donors (Lipinski definition) is 2. The number of nitrogens with zero attached hydrogens (tertiary/aromatic N) is 4. The third kappa shape index (κ3) is 6.69. The molecule has 38 heavy (non-hydrogen) atoms. The van der Waals surface area contributed by atoms with Crippen molar-refractivity contribution in [1.29, 1.82) is 0 Å². The first kappa shape index (κ1) is 27.4. The van der Waals surface area contributed by atoms with Gasteiger partial charge in [0.1, 0.15) is 11.6 Å². The molecule has 5 rings (SSSR count). The van der Waals surface area contributed by atoms with Gasteiger partial charge < -0.3 is 25.2 Å². The van der Waals surface area contributed by atoms with Crippen LogP contribution in [0.3, 0.4) is 0 Å². The van der Waals surface area contributed by atoms with E-state index < -0.39 is 0 Å².